The van der Waals surface area contributed by atoms with Gasteiger partial charge in [0.15, 0.2) is 15.0 Å². The number of nitrogens with zero attached hydrogens (tertiary/aromatic N) is 1. The van der Waals surface area contributed by atoms with Crippen molar-refractivity contribution in [2.75, 3.05) is 29.1 Å². The Morgan fingerprint density at radius 3 is 3.05 bits per heavy atom. The molecule has 3 rings (SSSR count). The molecular formula is C12H15N3O2S2. The molecule has 1 aliphatic heterocycles. The largest absolute Gasteiger partial charge is 0.399 e. The molecule has 1 aromatic heterocycles. The summed E-state index contributed by atoms with van der Waals surface area (Å²) in [5, 5.41) is 4.06. The third-order valence-corrected chi connectivity index (χ3v) is 6.09. The van der Waals surface area contributed by atoms with Gasteiger partial charge >= 0.3 is 0 Å². The van der Waals surface area contributed by atoms with Crippen LogP contribution in [-0.2, 0) is 9.84 Å². The van der Waals surface area contributed by atoms with Crippen LogP contribution in [0.4, 0.5) is 10.8 Å². The van der Waals surface area contributed by atoms with E-state index in [1.54, 1.807) is 11.3 Å². The number of hydrogen-bond donors (Lipinski definition) is 2. The topological polar surface area (TPSA) is 85.1 Å². The fraction of sp³-hybridized carbons (Fsp3) is 0.417. The van der Waals surface area contributed by atoms with Gasteiger partial charge in [-0.3, -0.25) is 0 Å². The second-order valence-electron chi connectivity index (χ2n) is 4.90. The van der Waals surface area contributed by atoms with E-state index in [-0.39, 0.29) is 11.7 Å². The molecule has 1 aliphatic rings. The smallest absolute Gasteiger partial charge is 0.183 e. The Hall–Kier alpha value is -1.34. The highest BCUT2D eigenvalue weighted by Gasteiger charge is 2.27. The summed E-state index contributed by atoms with van der Waals surface area (Å²) in [4.78, 5) is 4.45. The summed E-state index contributed by atoms with van der Waals surface area (Å²) in [6.45, 7) is 0.661. The van der Waals surface area contributed by atoms with E-state index in [4.69, 9.17) is 5.73 Å². The van der Waals surface area contributed by atoms with Crippen molar-refractivity contribution < 1.29 is 8.42 Å². The zero-order valence-electron chi connectivity index (χ0n) is 10.3. The standard InChI is InChI=1S/C12H15N3O2S2/c13-9-1-2-10-11(5-9)18-12(15-10)14-6-8-3-4-19(16,17)7-8/h1-2,5,8H,3-4,6-7,13H2,(H,14,15). The highest BCUT2D eigenvalue weighted by Crippen LogP contribution is 2.28. The number of fused-ring (bicyclic) bond motifs is 1. The summed E-state index contributed by atoms with van der Waals surface area (Å²) in [5.74, 6) is 0.801. The first-order chi connectivity index (χ1) is 9.02. The lowest BCUT2D eigenvalue weighted by Gasteiger charge is -2.07. The molecule has 7 heteroatoms. The Kier molecular flexibility index (Phi) is 3.10. The van der Waals surface area contributed by atoms with Crippen LogP contribution in [0.15, 0.2) is 18.2 Å². The Bertz CT molecular complexity index is 709. The molecule has 0 bridgehead atoms. The molecule has 102 valence electrons. The molecule has 19 heavy (non-hydrogen) atoms. The molecule has 0 spiro atoms. The zero-order chi connectivity index (χ0) is 13.5. The SMILES string of the molecule is Nc1ccc2nc(NCC3CCS(=O)(=O)C3)sc2c1. The molecule has 1 unspecified atom stereocenters. The first-order valence-corrected chi connectivity index (χ1v) is 8.76. The monoisotopic (exact) mass is 297 g/mol. The van der Waals surface area contributed by atoms with Crippen molar-refractivity contribution in [2.24, 2.45) is 5.92 Å². The number of sulfone groups is 1. The fourth-order valence-electron chi connectivity index (χ4n) is 2.28. The molecule has 0 aliphatic carbocycles. The third-order valence-electron chi connectivity index (χ3n) is 3.28. The summed E-state index contributed by atoms with van der Waals surface area (Å²) >= 11 is 1.54. The summed E-state index contributed by atoms with van der Waals surface area (Å²) in [6.07, 6.45) is 0.743. The number of aromatic nitrogens is 1. The maximum Gasteiger partial charge on any atom is 0.183 e. The van der Waals surface area contributed by atoms with Gasteiger partial charge in [-0.2, -0.15) is 0 Å². The Balaban J connectivity index is 1.69. The third kappa shape index (κ3) is 2.82. The maximum absolute atomic E-state index is 11.4. The number of thiazole rings is 1. The van der Waals surface area contributed by atoms with Crippen LogP contribution in [0.1, 0.15) is 6.42 Å². The number of anilines is 2. The van der Waals surface area contributed by atoms with Crippen molar-refractivity contribution in [2.45, 2.75) is 6.42 Å². The van der Waals surface area contributed by atoms with Crippen LogP contribution in [0.25, 0.3) is 10.2 Å². The van der Waals surface area contributed by atoms with Crippen LogP contribution in [0, 0.1) is 5.92 Å². The quantitative estimate of drug-likeness (QED) is 0.843. The number of nitrogens with one attached hydrogen (secondary N) is 1. The van der Waals surface area contributed by atoms with Gasteiger partial charge in [-0.1, -0.05) is 11.3 Å². The van der Waals surface area contributed by atoms with E-state index in [1.165, 1.54) is 0 Å². The van der Waals surface area contributed by atoms with Crippen LogP contribution >= 0.6 is 11.3 Å². The van der Waals surface area contributed by atoms with E-state index < -0.39 is 9.84 Å². The van der Waals surface area contributed by atoms with Gasteiger partial charge in [0.2, 0.25) is 0 Å². The van der Waals surface area contributed by atoms with Crippen LogP contribution in [0.2, 0.25) is 0 Å². The van der Waals surface area contributed by atoms with Crippen molar-refractivity contribution in [1.29, 1.82) is 0 Å². The van der Waals surface area contributed by atoms with Crippen molar-refractivity contribution in [1.82, 2.24) is 4.98 Å². The van der Waals surface area contributed by atoms with Crippen LogP contribution in [0.3, 0.4) is 0 Å². The Morgan fingerprint density at radius 1 is 1.47 bits per heavy atom. The number of nitrogen functional groups attached to an aromatic ring is 1. The normalized spacial score (nSPS) is 21.8. The van der Waals surface area contributed by atoms with Crippen LogP contribution in [0.5, 0.6) is 0 Å². The highest BCUT2D eigenvalue weighted by atomic mass is 32.2. The van der Waals surface area contributed by atoms with Gasteiger partial charge in [-0.15, -0.1) is 0 Å². The Labute approximate surface area is 115 Å². The molecule has 5 nitrogen and oxygen atoms in total. The number of hydrogen-bond acceptors (Lipinski definition) is 6. The van der Waals surface area contributed by atoms with Gasteiger partial charge in [0.05, 0.1) is 21.7 Å². The number of rotatable bonds is 3. The van der Waals surface area contributed by atoms with Crippen molar-refractivity contribution in [3.63, 3.8) is 0 Å². The maximum atomic E-state index is 11.4. The molecule has 1 atom stereocenters. The molecule has 1 aromatic carbocycles. The summed E-state index contributed by atoms with van der Waals surface area (Å²) in [6, 6.07) is 5.62. The van der Waals surface area contributed by atoms with Crippen LogP contribution < -0.4 is 11.1 Å². The molecule has 2 heterocycles. The van der Waals surface area contributed by atoms with E-state index >= 15 is 0 Å². The average Bonchev–Trinajstić information content (AvgIpc) is 2.89. The van der Waals surface area contributed by atoms with Crippen molar-refractivity contribution in [3.05, 3.63) is 18.2 Å². The molecule has 0 radical (unpaired) electrons. The predicted octanol–water partition coefficient (Wildman–Crippen LogP) is 1.73. The van der Waals surface area contributed by atoms with E-state index in [9.17, 15) is 8.42 Å². The first-order valence-electron chi connectivity index (χ1n) is 6.12. The second kappa shape index (κ2) is 4.64. The van der Waals surface area contributed by atoms with Gasteiger partial charge in [-0.25, -0.2) is 13.4 Å². The van der Waals surface area contributed by atoms with Crippen molar-refractivity contribution >= 4 is 42.2 Å². The molecule has 2 aromatic rings. The molecule has 1 fully saturated rings. The molecule has 0 saturated carbocycles. The lowest BCUT2D eigenvalue weighted by atomic mass is 10.1. The van der Waals surface area contributed by atoms with Crippen molar-refractivity contribution in [3.8, 4) is 0 Å². The van der Waals surface area contributed by atoms with Gasteiger partial charge in [0.25, 0.3) is 0 Å². The summed E-state index contributed by atoms with van der Waals surface area (Å²) in [7, 11) is -2.80. The lowest BCUT2D eigenvalue weighted by Crippen LogP contribution is -2.15. The number of benzene rings is 1. The summed E-state index contributed by atoms with van der Waals surface area (Å²) in [5.41, 5.74) is 7.37. The van der Waals surface area contributed by atoms with E-state index in [2.05, 4.69) is 10.3 Å². The second-order valence-corrected chi connectivity index (χ2v) is 8.16. The molecule has 1 saturated heterocycles. The lowest BCUT2D eigenvalue weighted by molar-refractivity contribution is 0.596. The minimum atomic E-state index is -2.80. The minimum Gasteiger partial charge on any atom is -0.399 e. The summed E-state index contributed by atoms with van der Waals surface area (Å²) < 4.78 is 23.8. The first kappa shape index (κ1) is 12.7. The predicted molar refractivity (Wildman–Crippen MR) is 79.3 cm³/mol. The van der Waals surface area contributed by atoms with Gasteiger partial charge in [0, 0.05) is 12.2 Å². The van der Waals surface area contributed by atoms with Gasteiger partial charge < -0.3 is 11.1 Å². The Morgan fingerprint density at radius 2 is 2.32 bits per heavy atom. The van der Waals surface area contributed by atoms with E-state index in [0.717, 1.165) is 27.5 Å². The highest BCUT2D eigenvalue weighted by molar-refractivity contribution is 7.91. The fourth-order valence-corrected chi connectivity index (χ4v) is 5.06. The molecular weight excluding hydrogens is 282 g/mol. The van der Waals surface area contributed by atoms with Gasteiger partial charge in [-0.05, 0) is 30.5 Å². The zero-order valence-corrected chi connectivity index (χ0v) is 11.9. The van der Waals surface area contributed by atoms with E-state index in [0.29, 0.717) is 12.3 Å². The minimum absolute atomic E-state index is 0.196. The average molecular weight is 297 g/mol. The molecule has 3 N–H and O–H groups in total. The molecule has 0 amide bonds. The van der Waals surface area contributed by atoms with Crippen LogP contribution in [-0.4, -0.2) is 31.5 Å². The van der Waals surface area contributed by atoms with Gasteiger partial charge in [0.1, 0.15) is 0 Å². The number of nitrogens with two attached hydrogens (primary N) is 1. The van der Waals surface area contributed by atoms with E-state index in [1.807, 2.05) is 18.2 Å².